The van der Waals surface area contributed by atoms with Crippen LogP contribution in [0, 0.1) is 11.6 Å². The highest BCUT2D eigenvalue weighted by Crippen LogP contribution is 2.32. The van der Waals surface area contributed by atoms with Crippen LogP contribution in [0.1, 0.15) is 27.6 Å². The molecule has 1 aliphatic rings. The molecule has 3 amide bonds. The van der Waals surface area contributed by atoms with Crippen LogP contribution in [0.15, 0.2) is 30.3 Å². The maximum Gasteiger partial charge on any atom is 0.329 e. The number of amides is 3. The zero-order valence-corrected chi connectivity index (χ0v) is 16.7. The van der Waals surface area contributed by atoms with Crippen LogP contribution in [0.2, 0.25) is 10.0 Å². The summed E-state index contributed by atoms with van der Waals surface area (Å²) in [6.07, 6.45) is 0. The first-order chi connectivity index (χ1) is 14.1. The molecular formula is C19H12Cl2F2N2O5. The second-order valence-corrected chi connectivity index (χ2v) is 7.10. The molecule has 2 aromatic carbocycles. The van der Waals surface area contributed by atoms with Crippen LogP contribution in [0.4, 0.5) is 14.5 Å². The summed E-state index contributed by atoms with van der Waals surface area (Å²) in [5.74, 6) is -5.25. The molecule has 30 heavy (non-hydrogen) atoms. The van der Waals surface area contributed by atoms with Crippen LogP contribution >= 0.6 is 23.2 Å². The molecule has 0 aliphatic carbocycles. The molecule has 1 atom stereocenters. The average molecular weight is 457 g/mol. The van der Waals surface area contributed by atoms with Crippen molar-refractivity contribution in [1.82, 2.24) is 4.90 Å². The van der Waals surface area contributed by atoms with Crippen molar-refractivity contribution in [3.05, 3.63) is 63.1 Å². The van der Waals surface area contributed by atoms with Gasteiger partial charge in [0.15, 0.2) is 6.61 Å². The number of carbonyl (C=O) groups is 4. The summed E-state index contributed by atoms with van der Waals surface area (Å²) >= 11 is 11.7. The van der Waals surface area contributed by atoms with Gasteiger partial charge in [-0.1, -0.05) is 23.2 Å². The Balaban J connectivity index is 1.64. The summed E-state index contributed by atoms with van der Waals surface area (Å²) in [7, 11) is 0. The fraction of sp³-hybridized carbons (Fsp3) is 0.158. The van der Waals surface area contributed by atoms with E-state index in [1.807, 2.05) is 0 Å². The minimum atomic E-state index is -1.35. The van der Waals surface area contributed by atoms with E-state index in [9.17, 15) is 28.0 Å². The van der Waals surface area contributed by atoms with Crippen molar-refractivity contribution in [2.45, 2.75) is 13.0 Å². The number of nitrogens with zero attached hydrogens (tertiary/aromatic N) is 1. The normalized spacial score (nSPS) is 13.8. The highest BCUT2D eigenvalue weighted by Gasteiger charge is 2.42. The highest BCUT2D eigenvalue weighted by molar-refractivity contribution is 6.43. The minimum absolute atomic E-state index is 0.0140. The number of imide groups is 1. The van der Waals surface area contributed by atoms with Crippen LogP contribution in [0.3, 0.4) is 0 Å². The second-order valence-electron chi connectivity index (χ2n) is 6.28. The van der Waals surface area contributed by atoms with E-state index in [-0.39, 0.29) is 26.9 Å². The summed E-state index contributed by atoms with van der Waals surface area (Å²) in [5.41, 5.74) is -0.199. The first kappa shape index (κ1) is 21.7. The third-order valence-corrected chi connectivity index (χ3v) is 4.90. The lowest BCUT2D eigenvalue weighted by atomic mass is 10.1. The topological polar surface area (TPSA) is 92.8 Å². The molecular weight excluding hydrogens is 445 g/mol. The van der Waals surface area contributed by atoms with Gasteiger partial charge < -0.3 is 10.1 Å². The first-order valence-corrected chi connectivity index (χ1v) is 9.13. The van der Waals surface area contributed by atoms with Crippen molar-refractivity contribution in [2.24, 2.45) is 0 Å². The molecule has 1 heterocycles. The Morgan fingerprint density at radius 3 is 2.00 bits per heavy atom. The summed E-state index contributed by atoms with van der Waals surface area (Å²) in [5, 5.41) is 2.30. The van der Waals surface area contributed by atoms with Crippen molar-refractivity contribution in [2.75, 3.05) is 11.9 Å². The van der Waals surface area contributed by atoms with E-state index in [0.717, 1.165) is 12.1 Å². The van der Waals surface area contributed by atoms with Crippen LogP contribution < -0.4 is 5.32 Å². The Hall–Kier alpha value is -3.04. The Labute approximate surface area is 178 Å². The van der Waals surface area contributed by atoms with E-state index in [1.165, 1.54) is 19.1 Å². The van der Waals surface area contributed by atoms with Gasteiger partial charge in [-0.3, -0.25) is 19.3 Å². The number of carbonyl (C=O) groups excluding carboxylic acids is 4. The van der Waals surface area contributed by atoms with Crippen LogP contribution in [-0.4, -0.2) is 41.2 Å². The van der Waals surface area contributed by atoms with E-state index in [0.29, 0.717) is 11.0 Å². The lowest BCUT2D eigenvalue weighted by molar-refractivity contribution is -0.150. The first-order valence-electron chi connectivity index (χ1n) is 8.38. The number of ether oxygens (including phenoxy) is 1. The number of benzene rings is 2. The van der Waals surface area contributed by atoms with Gasteiger partial charge in [-0.15, -0.1) is 0 Å². The van der Waals surface area contributed by atoms with E-state index in [1.54, 1.807) is 0 Å². The smallest absolute Gasteiger partial charge is 0.329 e. The maximum absolute atomic E-state index is 13.1. The van der Waals surface area contributed by atoms with Crippen molar-refractivity contribution < 1.29 is 32.7 Å². The Morgan fingerprint density at radius 1 is 1.00 bits per heavy atom. The number of anilines is 1. The molecule has 1 aliphatic heterocycles. The molecule has 2 aromatic rings. The van der Waals surface area contributed by atoms with Crippen LogP contribution in [0.5, 0.6) is 0 Å². The van der Waals surface area contributed by atoms with Crippen molar-refractivity contribution in [1.29, 1.82) is 0 Å². The molecule has 0 saturated heterocycles. The zero-order valence-electron chi connectivity index (χ0n) is 15.2. The van der Waals surface area contributed by atoms with E-state index in [2.05, 4.69) is 5.32 Å². The summed E-state index contributed by atoms with van der Waals surface area (Å²) in [6.45, 7) is 0.440. The Kier molecular flexibility index (Phi) is 6.04. The van der Waals surface area contributed by atoms with Gasteiger partial charge in [-0.2, -0.15) is 0 Å². The molecule has 11 heteroatoms. The molecule has 0 bridgehead atoms. The Morgan fingerprint density at radius 2 is 1.50 bits per heavy atom. The largest absolute Gasteiger partial charge is 0.454 e. The summed E-state index contributed by atoms with van der Waals surface area (Å²) < 4.78 is 31.1. The molecule has 3 rings (SSSR count). The summed E-state index contributed by atoms with van der Waals surface area (Å²) in [4.78, 5) is 49.8. The molecule has 0 aromatic heterocycles. The molecule has 0 spiro atoms. The second kappa shape index (κ2) is 8.37. The van der Waals surface area contributed by atoms with Crippen molar-refractivity contribution in [3.63, 3.8) is 0 Å². The van der Waals surface area contributed by atoms with Gasteiger partial charge in [0.1, 0.15) is 17.7 Å². The fourth-order valence-electron chi connectivity index (χ4n) is 2.79. The number of halogens is 4. The lowest BCUT2D eigenvalue weighted by Crippen LogP contribution is -2.44. The molecule has 156 valence electrons. The minimum Gasteiger partial charge on any atom is -0.454 e. The van der Waals surface area contributed by atoms with E-state index in [4.69, 9.17) is 27.9 Å². The predicted octanol–water partition coefficient (Wildman–Crippen LogP) is 3.44. The van der Waals surface area contributed by atoms with E-state index >= 15 is 0 Å². The monoisotopic (exact) mass is 456 g/mol. The van der Waals surface area contributed by atoms with Crippen LogP contribution in [0.25, 0.3) is 0 Å². The number of esters is 1. The summed E-state index contributed by atoms with van der Waals surface area (Å²) in [6, 6.07) is 3.47. The van der Waals surface area contributed by atoms with Gasteiger partial charge in [-0.25, -0.2) is 13.6 Å². The molecule has 0 fully saturated rings. The highest BCUT2D eigenvalue weighted by atomic mass is 35.5. The zero-order chi connectivity index (χ0) is 22.2. The quantitative estimate of drug-likeness (QED) is 0.549. The SMILES string of the molecule is C[C@@H](C(=O)OCC(=O)Nc1cc(F)cc(F)c1)N1C(=O)c2cc(Cl)c(Cl)cc2C1=O. The lowest BCUT2D eigenvalue weighted by Gasteiger charge is -2.20. The predicted molar refractivity (Wildman–Crippen MR) is 102 cm³/mol. The van der Waals surface area contributed by atoms with Crippen molar-refractivity contribution >= 4 is 52.6 Å². The van der Waals surface area contributed by atoms with Gasteiger partial charge in [0.05, 0.1) is 21.2 Å². The maximum atomic E-state index is 13.1. The third-order valence-electron chi connectivity index (χ3n) is 4.18. The van der Waals surface area contributed by atoms with Crippen molar-refractivity contribution in [3.8, 4) is 0 Å². The molecule has 0 unspecified atom stereocenters. The number of hydrogen-bond acceptors (Lipinski definition) is 5. The van der Waals surface area contributed by atoms with Gasteiger partial charge in [-0.05, 0) is 31.2 Å². The fourth-order valence-corrected chi connectivity index (χ4v) is 3.12. The molecule has 0 radical (unpaired) electrons. The number of hydrogen-bond donors (Lipinski definition) is 1. The number of rotatable bonds is 5. The van der Waals surface area contributed by atoms with Crippen LogP contribution in [-0.2, 0) is 14.3 Å². The van der Waals surface area contributed by atoms with Gasteiger partial charge in [0.25, 0.3) is 17.7 Å². The van der Waals surface area contributed by atoms with E-state index < -0.39 is 48.0 Å². The molecule has 0 saturated carbocycles. The third kappa shape index (κ3) is 4.27. The standard InChI is InChI=1S/C19H12Cl2F2N2O5/c1-8(25-17(27)12-5-14(20)15(21)6-13(12)18(25)28)19(29)30-7-16(26)24-11-3-9(22)2-10(23)4-11/h2-6,8H,7H2,1H3,(H,24,26)/t8-/m0/s1. The molecule has 7 nitrogen and oxygen atoms in total. The average Bonchev–Trinajstić information content (AvgIpc) is 2.89. The van der Waals surface area contributed by atoms with Gasteiger partial charge in [0.2, 0.25) is 0 Å². The van der Waals surface area contributed by atoms with Gasteiger partial charge in [0, 0.05) is 11.8 Å². The number of fused-ring (bicyclic) bond motifs is 1. The Bertz CT molecular complexity index is 1030. The van der Waals surface area contributed by atoms with Gasteiger partial charge >= 0.3 is 5.97 Å². The number of nitrogens with one attached hydrogen (secondary N) is 1. The molecule has 1 N–H and O–H groups in total.